The van der Waals surface area contributed by atoms with Crippen LogP contribution in [0.25, 0.3) is 0 Å². The third kappa shape index (κ3) is 4.64. The lowest BCUT2D eigenvalue weighted by molar-refractivity contribution is 0.0655. The number of pyridine rings is 1. The van der Waals surface area contributed by atoms with E-state index in [1.54, 1.807) is 14.4 Å². The number of nitrogens with zero attached hydrogens (tertiary/aromatic N) is 3. The van der Waals surface area contributed by atoms with Crippen molar-refractivity contribution in [3.63, 3.8) is 0 Å². The molecule has 1 aromatic heterocycles. The van der Waals surface area contributed by atoms with Gasteiger partial charge in [-0.3, -0.25) is 9.59 Å². The summed E-state index contributed by atoms with van der Waals surface area (Å²) in [6.45, 7) is 6.58. The SMILES string of the molecule is Cc1ccn(CC2CCCNC2)c(=O)c1C(=O)N1CCC(N2CCOC2=O)CC1.Cl. The van der Waals surface area contributed by atoms with Crippen molar-refractivity contribution < 1.29 is 14.3 Å². The van der Waals surface area contributed by atoms with Crippen LogP contribution in [0.1, 0.15) is 41.6 Å². The normalized spacial score (nSPS) is 22.6. The van der Waals surface area contributed by atoms with E-state index in [1.807, 2.05) is 19.2 Å². The molecule has 2 amide bonds. The predicted molar refractivity (Wildman–Crippen MR) is 115 cm³/mol. The fraction of sp³-hybridized carbons (Fsp3) is 0.667. The number of halogens is 1. The van der Waals surface area contributed by atoms with Crippen molar-refractivity contribution in [2.45, 2.75) is 45.2 Å². The minimum atomic E-state index is -0.256. The van der Waals surface area contributed by atoms with Gasteiger partial charge in [-0.15, -0.1) is 12.4 Å². The number of rotatable bonds is 4. The van der Waals surface area contributed by atoms with E-state index in [0.29, 0.717) is 51.5 Å². The number of piperidine rings is 2. The summed E-state index contributed by atoms with van der Waals surface area (Å²) in [6, 6.07) is 1.99. The van der Waals surface area contributed by atoms with Gasteiger partial charge in [0.1, 0.15) is 12.2 Å². The lowest BCUT2D eigenvalue weighted by Crippen LogP contribution is -2.48. The van der Waals surface area contributed by atoms with E-state index >= 15 is 0 Å². The Morgan fingerprint density at radius 1 is 1.20 bits per heavy atom. The molecule has 8 nitrogen and oxygen atoms in total. The molecule has 3 aliphatic heterocycles. The third-order valence-electron chi connectivity index (χ3n) is 6.43. The number of likely N-dealkylation sites (tertiary alicyclic amines) is 1. The Labute approximate surface area is 183 Å². The van der Waals surface area contributed by atoms with Crippen LogP contribution in [0.4, 0.5) is 4.79 Å². The zero-order chi connectivity index (χ0) is 20.4. The Hall–Kier alpha value is -2.06. The minimum Gasteiger partial charge on any atom is -0.448 e. The van der Waals surface area contributed by atoms with Gasteiger partial charge in [-0.25, -0.2) is 4.79 Å². The van der Waals surface area contributed by atoms with Crippen molar-refractivity contribution in [3.8, 4) is 0 Å². The molecule has 3 fully saturated rings. The van der Waals surface area contributed by atoms with Gasteiger partial charge in [0.2, 0.25) is 0 Å². The van der Waals surface area contributed by atoms with Gasteiger partial charge < -0.3 is 24.4 Å². The van der Waals surface area contributed by atoms with Gasteiger partial charge in [0.05, 0.1) is 6.54 Å². The predicted octanol–water partition coefficient (Wildman–Crippen LogP) is 1.63. The van der Waals surface area contributed by atoms with Crippen LogP contribution < -0.4 is 10.9 Å². The van der Waals surface area contributed by atoms with E-state index in [1.165, 1.54) is 0 Å². The highest BCUT2D eigenvalue weighted by atomic mass is 35.5. The van der Waals surface area contributed by atoms with Crippen molar-refractivity contribution in [1.29, 1.82) is 0 Å². The van der Waals surface area contributed by atoms with Crippen LogP contribution in [0, 0.1) is 12.8 Å². The molecule has 0 spiro atoms. The van der Waals surface area contributed by atoms with Crippen molar-refractivity contribution in [2.75, 3.05) is 39.3 Å². The summed E-state index contributed by atoms with van der Waals surface area (Å²) in [7, 11) is 0. The number of nitrogens with one attached hydrogen (secondary N) is 1. The molecule has 1 unspecified atom stereocenters. The van der Waals surface area contributed by atoms with Crippen LogP contribution in [-0.2, 0) is 11.3 Å². The van der Waals surface area contributed by atoms with E-state index in [-0.39, 0.29) is 41.6 Å². The van der Waals surface area contributed by atoms with E-state index in [4.69, 9.17) is 4.74 Å². The first-order valence-corrected chi connectivity index (χ1v) is 10.7. The first kappa shape index (κ1) is 22.6. The molecule has 0 aliphatic carbocycles. The van der Waals surface area contributed by atoms with E-state index in [0.717, 1.165) is 31.5 Å². The highest BCUT2D eigenvalue weighted by Gasteiger charge is 2.34. The number of aromatic nitrogens is 1. The van der Waals surface area contributed by atoms with Crippen LogP contribution in [0.15, 0.2) is 17.1 Å². The average Bonchev–Trinajstić information content (AvgIpc) is 3.17. The summed E-state index contributed by atoms with van der Waals surface area (Å²) >= 11 is 0. The zero-order valence-corrected chi connectivity index (χ0v) is 18.3. The zero-order valence-electron chi connectivity index (χ0n) is 17.5. The summed E-state index contributed by atoms with van der Waals surface area (Å²) in [4.78, 5) is 41.6. The first-order chi connectivity index (χ1) is 14.0. The van der Waals surface area contributed by atoms with Crippen molar-refractivity contribution in [1.82, 2.24) is 19.7 Å². The number of hydrogen-bond donors (Lipinski definition) is 1. The molecule has 0 aromatic carbocycles. The van der Waals surface area contributed by atoms with Crippen LogP contribution in [-0.4, -0.2) is 71.7 Å². The van der Waals surface area contributed by atoms with Crippen LogP contribution in [0.3, 0.4) is 0 Å². The maximum atomic E-state index is 13.2. The summed E-state index contributed by atoms with van der Waals surface area (Å²) in [6.07, 6.45) is 5.21. The highest BCUT2D eigenvalue weighted by molar-refractivity contribution is 5.95. The third-order valence-corrected chi connectivity index (χ3v) is 6.43. The summed E-state index contributed by atoms with van der Waals surface area (Å²) < 4.78 is 6.73. The number of cyclic esters (lactones) is 1. The minimum absolute atomic E-state index is 0. The molecular weight excluding hydrogens is 408 g/mol. The Bertz CT molecular complexity index is 829. The van der Waals surface area contributed by atoms with E-state index in [9.17, 15) is 14.4 Å². The van der Waals surface area contributed by atoms with Crippen molar-refractivity contribution >= 4 is 24.4 Å². The van der Waals surface area contributed by atoms with Gasteiger partial charge in [0.15, 0.2) is 0 Å². The average molecular weight is 439 g/mol. The molecule has 1 atom stereocenters. The molecule has 166 valence electrons. The van der Waals surface area contributed by atoms with Gasteiger partial charge in [0.25, 0.3) is 11.5 Å². The molecule has 3 aliphatic rings. The standard InChI is InChI=1S/C21H30N4O4.ClH/c1-15-4-8-24(14-16-3-2-7-22-13-16)20(27)18(15)19(26)23-9-5-17(6-10-23)25-11-12-29-21(25)28;/h4,8,16-17,22H,2-3,5-7,9-14H2,1H3;1H. The van der Waals surface area contributed by atoms with Crippen LogP contribution in [0.2, 0.25) is 0 Å². The number of ether oxygens (including phenoxy) is 1. The first-order valence-electron chi connectivity index (χ1n) is 10.7. The van der Waals surface area contributed by atoms with Crippen molar-refractivity contribution in [2.24, 2.45) is 5.92 Å². The molecule has 0 saturated carbocycles. The molecule has 1 N–H and O–H groups in total. The second kappa shape index (κ2) is 9.83. The van der Waals surface area contributed by atoms with Gasteiger partial charge in [0, 0.05) is 31.9 Å². The largest absolute Gasteiger partial charge is 0.448 e. The Kier molecular flexibility index (Phi) is 7.41. The topological polar surface area (TPSA) is 83.9 Å². The van der Waals surface area contributed by atoms with E-state index < -0.39 is 0 Å². The molecule has 3 saturated heterocycles. The molecule has 9 heteroatoms. The maximum Gasteiger partial charge on any atom is 0.410 e. The van der Waals surface area contributed by atoms with Gasteiger partial charge >= 0.3 is 6.09 Å². The maximum absolute atomic E-state index is 13.2. The molecule has 1 aromatic rings. The fourth-order valence-corrected chi connectivity index (χ4v) is 4.70. The highest BCUT2D eigenvalue weighted by Crippen LogP contribution is 2.21. The summed E-state index contributed by atoms with van der Waals surface area (Å²) in [5, 5.41) is 3.38. The number of carbonyl (C=O) groups excluding carboxylic acids is 2. The van der Waals surface area contributed by atoms with Gasteiger partial charge in [-0.2, -0.15) is 0 Å². The van der Waals surface area contributed by atoms with Crippen LogP contribution >= 0.6 is 12.4 Å². The fourth-order valence-electron chi connectivity index (χ4n) is 4.70. The van der Waals surface area contributed by atoms with Gasteiger partial charge in [-0.05, 0) is 63.2 Å². The number of hydrogen-bond acceptors (Lipinski definition) is 5. The lowest BCUT2D eigenvalue weighted by atomic mass is 9.99. The molecule has 4 rings (SSSR count). The number of amides is 2. The van der Waals surface area contributed by atoms with E-state index in [2.05, 4.69) is 5.32 Å². The smallest absolute Gasteiger partial charge is 0.410 e. The second-order valence-electron chi connectivity index (χ2n) is 8.37. The molecule has 0 radical (unpaired) electrons. The Morgan fingerprint density at radius 2 is 1.97 bits per heavy atom. The second-order valence-corrected chi connectivity index (χ2v) is 8.37. The Balaban J connectivity index is 0.00000256. The molecular formula is C21H31ClN4O4. The van der Waals surface area contributed by atoms with Crippen LogP contribution in [0.5, 0.6) is 0 Å². The van der Waals surface area contributed by atoms with Gasteiger partial charge in [-0.1, -0.05) is 0 Å². The Morgan fingerprint density at radius 3 is 2.60 bits per heavy atom. The molecule has 4 heterocycles. The monoisotopic (exact) mass is 438 g/mol. The van der Waals surface area contributed by atoms with Crippen molar-refractivity contribution in [3.05, 3.63) is 33.7 Å². The molecule has 0 bridgehead atoms. The summed E-state index contributed by atoms with van der Waals surface area (Å²) in [5.74, 6) is 0.231. The number of carbonyl (C=O) groups is 2. The number of aryl methyl sites for hydroxylation is 1. The lowest BCUT2D eigenvalue weighted by Gasteiger charge is -2.35. The quantitative estimate of drug-likeness (QED) is 0.772. The summed E-state index contributed by atoms with van der Waals surface area (Å²) in [5.41, 5.74) is 0.824. The molecule has 30 heavy (non-hydrogen) atoms.